The number of rotatable bonds is 4. The molecule has 0 radical (unpaired) electrons. The molecule has 0 saturated carbocycles. The summed E-state index contributed by atoms with van der Waals surface area (Å²) in [5.41, 5.74) is 2.49. The minimum absolute atomic E-state index is 0.838. The van der Waals surface area contributed by atoms with Gasteiger partial charge in [-0.05, 0) is 18.7 Å². The topological polar surface area (TPSA) is 29.9 Å². The molecule has 2 aromatic rings. The van der Waals surface area contributed by atoms with E-state index in [-0.39, 0.29) is 0 Å². The van der Waals surface area contributed by atoms with Gasteiger partial charge < -0.3 is 5.32 Å². The highest BCUT2D eigenvalue weighted by Crippen LogP contribution is 2.05. The number of nitrogens with one attached hydrogen (secondary N) is 1. The van der Waals surface area contributed by atoms with Crippen molar-refractivity contribution in [3.05, 3.63) is 53.9 Å². The van der Waals surface area contributed by atoms with E-state index in [0.29, 0.717) is 0 Å². The first kappa shape index (κ1) is 9.93. The van der Waals surface area contributed by atoms with Gasteiger partial charge in [0.15, 0.2) is 0 Å². The van der Waals surface area contributed by atoms with Crippen molar-refractivity contribution < 1.29 is 0 Å². The zero-order chi connectivity index (χ0) is 10.5. The summed E-state index contributed by atoms with van der Waals surface area (Å²) in [5, 5.41) is 7.44. The van der Waals surface area contributed by atoms with E-state index in [2.05, 4.69) is 34.7 Å². The normalized spacial score (nSPS) is 10.5. The van der Waals surface area contributed by atoms with Crippen molar-refractivity contribution in [1.82, 2.24) is 15.1 Å². The Hall–Kier alpha value is -1.61. The van der Waals surface area contributed by atoms with Crippen LogP contribution in [-0.4, -0.2) is 16.8 Å². The third-order valence-electron chi connectivity index (χ3n) is 2.34. The molecule has 78 valence electrons. The van der Waals surface area contributed by atoms with E-state index in [1.165, 1.54) is 11.3 Å². The number of hydrogen-bond donors (Lipinski definition) is 1. The molecule has 0 saturated heterocycles. The quantitative estimate of drug-likeness (QED) is 0.815. The Bertz CT molecular complexity index is 406. The zero-order valence-corrected chi connectivity index (χ0v) is 8.85. The van der Waals surface area contributed by atoms with E-state index in [9.17, 15) is 0 Å². The van der Waals surface area contributed by atoms with Gasteiger partial charge in [-0.2, -0.15) is 5.10 Å². The first-order chi connectivity index (χ1) is 7.40. The molecule has 0 unspecified atom stereocenters. The van der Waals surface area contributed by atoms with Gasteiger partial charge in [0.05, 0.1) is 12.2 Å². The fraction of sp³-hybridized carbons (Fsp3) is 0.250. The zero-order valence-electron chi connectivity index (χ0n) is 8.85. The van der Waals surface area contributed by atoms with Gasteiger partial charge in [0.1, 0.15) is 0 Å². The SMILES string of the molecule is CNCc1ccnn1Cc1ccccc1. The lowest BCUT2D eigenvalue weighted by atomic mass is 10.2. The van der Waals surface area contributed by atoms with Crippen LogP contribution in [0.4, 0.5) is 0 Å². The van der Waals surface area contributed by atoms with E-state index < -0.39 is 0 Å². The van der Waals surface area contributed by atoms with Crippen molar-refractivity contribution in [2.75, 3.05) is 7.05 Å². The molecule has 0 atom stereocenters. The first-order valence-corrected chi connectivity index (χ1v) is 5.09. The van der Waals surface area contributed by atoms with Crippen LogP contribution < -0.4 is 5.32 Å². The van der Waals surface area contributed by atoms with E-state index in [1.54, 1.807) is 0 Å². The maximum atomic E-state index is 4.31. The average molecular weight is 201 g/mol. The summed E-state index contributed by atoms with van der Waals surface area (Å²) in [5.74, 6) is 0. The molecule has 0 fully saturated rings. The Balaban J connectivity index is 2.14. The van der Waals surface area contributed by atoms with Gasteiger partial charge in [0.2, 0.25) is 0 Å². The lowest BCUT2D eigenvalue weighted by Crippen LogP contribution is -2.12. The lowest BCUT2D eigenvalue weighted by Gasteiger charge is -2.06. The van der Waals surface area contributed by atoms with Crippen LogP contribution in [0.2, 0.25) is 0 Å². The molecular weight excluding hydrogens is 186 g/mol. The van der Waals surface area contributed by atoms with Crippen molar-refractivity contribution in [2.24, 2.45) is 0 Å². The van der Waals surface area contributed by atoms with E-state index in [0.717, 1.165) is 13.1 Å². The molecule has 3 heteroatoms. The third kappa shape index (κ3) is 2.44. The van der Waals surface area contributed by atoms with Crippen LogP contribution in [0.25, 0.3) is 0 Å². The van der Waals surface area contributed by atoms with E-state index in [1.807, 2.05) is 30.1 Å². The second-order valence-corrected chi connectivity index (χ2v) is 3.50. The maximum Gasteiger partial charge on any atom is 0.0663 e. The monoisotopic (exact) mass is 201 g/mol. The van der Waals surface area contributed by atoms with Gasteiger partial charge in [0.25, 0.3) is 0 Å². The van der Waals surface area contributed by atoms with Gasteiger partial charge in [-0.3, -0.25) is 4.68 Å². The Labute approximate surface area is 89.7 Å². The molecule has 2 rings (SSSR count). The van der Waals surface area contributed by atoms with E-state index >= 15 is 0 Å². The molecule has 0 amide bonds. The van der Waals surface area contributed by atoms with Crippen molar-refractivity contribution in [1.29, 1.82) is 0 Å². The highest BCUT2D eigenvalue weighted by molar-refractivity contribution is 5.15. The molecule has 3 nitrogen and oxygen atoms in total. The molecule has 0 bridgehead atoms. The second-order valence-electron chi connectivity index (χ2n) is 3.50. The summed E-state index contributed by atoms with van der Waals surface area (Å²) >= 11 is 0. The van der Waals surface area contributed by atoms with Crippen molar-refractivity contribution in [2.45, 2.75) is 13.1 Å². The molecule has 1 aromatic carbocycles. The second kappa shape index (κ2) is 4.75. The summed E-state index contributed by atoms with van der Waals surface area (Å²) < 4.78 is 2.02. The molecule has 0 spiro atoms. The van der Waals surface area contributed by atoms with Gasteiger partial charge in [-0.15, -0.1) is 0 Å². The lowest BCUT2D eigenvalue weighted by molar-refractivity contribution is 0.622. The van der Waals surface area contributed by atoms with Gasteiger partial charge in [-0.1, -0.05) is 30.3 Å². The average Bonchev–Trinajstić information content (AvgIpc) is 2.68. The van der Waals surface area contributed by atoms with Crippen LogP contribution in [0.3, 0.4) is 0 Å². The predicted molar refractivity (Wildman–Crippen MR) is 60.5 cm³/mol. The number of aromatic nitrogens is 2. The van der Waals surface area contributed by atoms with Crippen LogP contribution in [-0.2, 0) is 13.1 Å². The molecule has 0 aliphatic heterocycles. The maximum absolute atomic E-state index is 4.31. The smallest absolute Gasteiger partial charge is 0.0663 e. The highest BCUT2D eigenvalue weighted by Gasteiger charge is 2.01. The molecule has 0 aliphatic carbocycles. The van der Waals surface area contributed by atoms with Gasteiger partial charge in [0, 0.05) is 12.7 Å². The minimum atomic E-state index is 0.838. The number of hydrogen-bond acceptors (Lipinski definition) is 2. The fourth-order valence-electron chi connectivity index (χ4n) is 1.59. The van der Waals surface area contributed by atoms with Crippen LogP contribution in [0, 0.1) is 0 Å². The van der Waals surface area contributed by atoms with Crippen molar-refractivity contribution >= 4 is 0 Å². The molecule has 15 heavy (non-hydrogen) atoms. The summed E-state index contributed by atoms with van der Waals surface area (Å²) in [6.45, 7) is 1.69. The molecule has 1 aromatic heterocycles. The Morgan fingerprint density at radius 2 is 2.00 bits per heavy atom. The number of nitrogens with zero attached hydrogens (tertiary/aromatic N) is 2. The van der Waals surface area contributed by atoms with Crippen LogP contribution in [0.15, 0.2) is 42.6 Å². The summed E-state index contributed by atoms with van der Waals surface area (Å²) in [6.07, 6.45) is 1.84. The summed E-state index contributed by atoms with van der Waals surface area (Å²) in [6, 6.07) is 12.4. The largest absolute Gasteiger partial charge is 0.314 e. The third-order valence-corrected chi connectivity index (χ3v) is 2.34. The van der Waals surface area contributed by atoms with E-state index in [4.69, 9.17) is 0 Å². The molecule has 1 heterocycles. The van der Waals surface area contributed by atoms with Gasteiger partial charge >= 0.3 is 0 Å². The molecule has 0 aliphatic rings. The Morgan fingerprint density at radius 3 is 2.73 bits per heavy atom. The minimum Gasteiger partial charge on any atom is -0.314 e. The Kier molecular flexibility index (Phi) is 3.15. The predicted octanol–water partition coefficient (Wildman–Crippen LogP) is 1.65. The van der Waals surface area contributed by atoms with Crippen LogP contribution in [0.5, 0.6) is 0 Å². The van der Waals surface area contributed by atoms with Gasteiger partial charge in [-0.25, -0.2) is 0 Å². The van der Waals surface area contributed by atoms with Crippen LogP contribution >= 0.6 is 0 Å². The molecule has 1 N–H and O–H groups in total. The summed E-state index contributed by atoms with van der Waals surface area (Å²) in [7, 11) is 1.94. The van der Waals surface area contributed by atoms with Crippen molar-refractivity contribution in [3.8, 4) is 0 Å². The van der Waals surface area contributed by atoms with Crippen molar-refractivity contribution in [3.63, 3.8) is 0 Å². The standard InChI is InChI=1S/C12H15N3/c1-13-9-12-7-8-14-15(12)10-11-5-3-2-4-6-11/h2-8,13H,9-10H2,1H3. The summed E-state index contributed by atoms with van der Waals surface area (Å²) in [4.78, 5) is 0. The highest BCUT2D eigenvalue weighted by atomic mass is 15.3. The Morgan fingerprint density at radius 1 is 1.20 bits per heavy atom. The fourth-order valence-corrected chi connectivity index (χ4v) is 1.59. The molecular formula is C12H15N3. The first-order valence-electron chi connectivity index (χ1n) is 5.09. The van der Waals surface area contributed by atoms with Crippen LogP contribution in [0.1, 0.15) is 11.3 Å². The number of benzene rings is 1.